The number of hydrogen-bond acceptors (Lipinski definition) is 4. The summed E-state index contributed by atoms with van der Waals surface area (Å²) in [4.78, 5) is 14.8. The Labute approximate surface area is 144 Å². The second kappa shape index (κ2) is 8.66. The van der Waals surface area contributed by atoms with Crippen molar-refractivity contribution in [3.63, 3.8) is 0 Å². The van der Waals surface area contributed by atoms with E-state index in [-0.39, 0.29) is 18.3 Å². The number of hydrogen-bond donors (Lipinski definition) is 3. The fourth-order valence-corrected chi connectivity index (χ4v) is 3.47. The zero-order valence-corrected chi connectivity index (χ0v) is 14.7. The molecule has 1 unspecified atom stereocenters. The molecule has 0 radical (unpaired) electrons. The number of carbonyl (C=O) groups excluding carboxylic acids is 1. The van der Waals surface area contributed by atoms with E-state index < -0.39 is 0 Å². The summed E-state index contributed by atoms with van der Waals surface area (Å²) in [6, 6.07) is 0.689. The van der Waals surface area contributed by atoms with Crippen LogP contribution in [0.2, 0.25) is 0 Å². The van der Waals surface area contributed by atoms with Gasteiger partial charge in [0.05, 0.1) is 0 Å². The third-order valence-corrected chi connectivity index (χ3v) is 4.87. The van der Waals surface area contributed by atoms with Crippen LogP contribution in [0.25, 0.3) is 0 Å². The van der Waals surface area contributed by atoms with Crippen LogP contribution >= 0.6 is 12.4 Å². The van der Waals surface area contributed by atoms with E-state index in [0.717, 1.165) is 50.3 Å². The Morgan fingerprint density at radius 2 is 2.30 bits per heavy atom. The Balaban J connectivity index is 0.00000192. The highest BCUT2D eigenvalue weighted by Gasteiger charge is 2.21. The molecule has 0 aromatic carbocycles. The molecular formula is C16H28ClN5O. The minimum atomic E-state index is -0.0482. The van der Waals surface area contributed by atoms with E-state index >= 15 is 0 Å². The van der Waals surface area contributed by atoms with E-state index in [4.69, 9.17) is 0 Å². The van der Waals surface area contributed by atoms with Crippen LogP contribution in [0.15, 0.2) is 0 Å². The van der Waals surface area contributed by atoms with Crippen molar-refractivity contribution in [2.75, 3.05) is 26.2 Å². The SMILES string of the molecule is CC1CCCCN1CCCNC(=O)c1n[nH]c2c1CNCC2.Cl. The number of piperidine rings is 1. The van der Waals surface area contributed by atoms with Gasteiger partial charge in [0, 0.05) is 49.9 Å². The van der Waals surface area contributed by atoms with E-state index in [1.165, 1.54) is 25.8 Å². The van der Waals surface area contributed by atoms with E-state index in [9.17, 15) is 4.79 Å². The molecule has 130 valence electrons. The zero-order valence-electron chi connectivity index (χ0n) is 13.9. The number of fused-ring (bicyclic) bond motifs is 1. The van der Waals surface area contributed by atoms with Gasteiger partial charge < -0.3 is 15.5 Å². The first kappa shape index (κ1) is 18.2. The monoisotopic (exact) mass is 341 g/mol. The Hall–Kier alpha value is -1.11. The van der Waals surface area contributed by atoms with Crippen LogP contribution in [0, 0.1) is 0 Å². The molecule has 7 heteroatoms. The molecule has 0 saturated carbocycles. The Morgan fingerprint density at radius 3 is 3.13 bits per heavy atom. The molecule has 23 heavy (non-hydrogen) atoms. The quantitative estimate of drug-likeness (QED) is 0.709. The van der Waals surface area contributed by atoms with Crippen LogP contribution in [0.4, 0.5) is 0 Å². The first-order valence-electron chi connectivity index (χ1n) is 8.55. The largest absolute Gasteiger partial charge is 0.351 e. The molecule has 6 nitrogen and oxygen atoms in total. The van der Waals surface area contributed by atoms with Crippen molar-refractivity contribution in [1.29, 1.82) is 0 Å². The van der Waals surface area contributed by atoms with Gasteiger partial charge >= 0.3 is 0 Å². The minimum absolute atomic E-state index is 0. The lowest BCUT2D eigenvalue weighted by Crippen LogP contribution is -2.39. The molecule has 0 aliphatic carbocycles. The molecular weight excluding hydrogens is 314 g/mol. The fourth-order valence-electron chi connectivity index (χ4n) is 3.47. The van der Waals surface area contributed by atoms with Crippen LogP contribution < -0.4 is 10.6 Å². The molecule has 1 saturated heterocycles. The molecule has 2 aliphatic rings. The highest BCUT2D eigenvalue weighted by atomic mass is 35.5. The average molecular weight is 342 g/mol. The maximum absolute atomic E-state index is 12.3. The maximum Gasteiger partial charge on any atom is 0.272 e. The van der Waals surface area contributed by atoms with Gasteiger partial charge in [-0.05, 0) is 32.7 Å². The van der Waals surface area contributed by atoms with Crippen molar-refractivity contribution >= 4 is 18.3 Å². The Kier molecular flexibility index (Phi) is 6.87. The van der Waals surface area contributed by atoms with Crippen molar-refractivity contribution in [2.45, 2.75) is 51.6 Å². The van der Waals surface area contributed by atoms with Crippen molar-refractivity contribution < 1.29 is 4.79 Å². The van der Waals surface area contributed by atoms with Crippen molar-refractivity contribution in [2.24, 2.45) is 0 Å². The predicted molar refractivity (Wildman–Crippen MR) is 93.1 cm³/mol. The molecule has 3 N–H and O–H groups in total. The lowest BCUT2D eigenvalue weighted by molar-refractivity contribution is 0.0942. The minimum Gasteiger partial charge on any atom is -0.351 e. The van der Waals surface area contributed by atoms with Crippen LogP contribution in [-0.4, -0.2) is 53.2 Å². The van der Waals surface area contributed by atoms with Gasteiger partial charge in [0.15, 0.2) is 5.69 Å². The van der Waals surface area contributed by atoms with Crippen LogP contribution in [0.3, 0.4) is 0 Å². The summed E-state index contributed by atoms with van der Waals surface area (Å²) in [7, 11) is 0. The Bertz CT molecular complexity index is 519. The number of nitrogens with one attached hydrogen (secondary N) is 3. The highest BCUT2D eigenvalue weighted by molar-refractivity contribution is 5.94. The molecule has 0 spiro atoms. The molecule has 1 aromatic rings. The van der Waals surface area contributed by atoms with Gasteiger partial charge in [-0.15, -0.1) is 12.4 Å². The van der Waals surface area contributed by atoms with Crippen molar-refractivity contribution in [3.05, 3.63) is 17.0 Å². The first-order chi connectivity index (χ1) is 10.8. The normalized spacial score (nSPS) is 21.3. The van der Waals surface area contributed by atoms with Gasteiger partial charge in [-0.2, -0.15) is 5.10 Å². The number of nitrogens with zero attached hydrogens (tertiary/aromatic N) is 2. The number of aromatic amines is 1. The van der Waals surface area contributed by atoms with Gasteiger partial charge in [-0.3, -0.25) is 9.89 Å². The summed E-state index contributed by atoms with van der Waals surface area (Å²) in [6.45, 7) is 6.98. The van der Waals surface area contributed by atoms with Gasteiger partial charge in [-0.1, -0.05) is 6.42 Å². The van der Waals surface area contributed by atoms with E-state index in [1.54, 1.807) is 0 Å². The number of rotatable bonds is 5. The topological polar surface area (TPSA) is 73.0 Å². The molecule has 3 rings (SSSR count). The summed E-state index contributed by atoms with van der Waals surface area (Å²) < 4.78 is 0. The first-order valence-corrected chi connectivity index (χ1v) is 8.55. The van der Waals surface area contributed by atoms with Crippen LogP contribution in [0.5, 0.6) is 0 Å². The summed E-state index contributed by atoms with van der Waals surface area (Å²) in [5, 5.41) is 13.5. The lowest BCUT2D eigenvalue weighted by Gasteiger charge is -2.33. The maximum atomic E-state index is 12.3. The van der Waals surface area contributed by atoms with Crippen LogP contribution in [0.1, 0.15) is 54.4 Å². The van der Waals surface area contributed by atoms with Gasteiger partial charge in [0.25, 0.3) is 5.91 Å². The fraction of sp³-hybridized carbons (Fsp3) is 0.750. The van der Waals surface area contributed by atoms with E-state index in [2.05, 4.69) is 32.7 Å². The standard InChI is InChI=1S/C16H27N5O.ClH/c1-12-5-2-3-9-21(12)10-4-7-18-16(22)15-13-11-17-8-6-14(13)19-20-15;/h12,17H,2-11H2,1H3,(H,18,22)(H,19,20);1H. The summed E-state index contributed by atoms with van der Waals surface area (Å²) in [5.74, 6) is -0.0482. The van der Waals surface area contributed by atoms with E-state index in [0.29, 0.717) is 11.7 Å². The molecule has 2 aliphatic heterocycles. The number of likely N-dealkylation sites (tertiary alicyclic amines) is 1. The smallest absolute Gasteiger partial charge is 0.272 e. The second-order valence-corrected chi connectivity index (χ2v) is 6.45. The van der Waals surface area contributed by atoms with Crippen LogP contribution in [-0.2, 0) is 13.0 Å². The number of halogens is 1. The van der Waals surface area contributed by atoms with Crippen molar-refractivity contribution in [3.8, 4) is 0 Å². The predicted octanol–water partition coefficient (Wildman–Crippen LogP) is 1.47. The number of H-pyrrole nitrogens is 1. The second-order valence-electron chi connectivity index (χ2n) is 6.45. The molecule has 1 amide bonds. The molecule has 0 bridgehead atoms. The summed E-state index contributed by atoms with van der Waals surface area (Å²) in [5.41, 5.74) is 2.70. The van der Waals surface area contributed by atoms with Gasteiger partial charge in [0.1, 0.15) is 0 Å². The third kappa shape index (κ3) is 4.46. The molecule has 1 fully saturated rings. The van der Waals surface area contributed by atoms with Gasteiger partial charge in [-0.25, -0.2) is 0 Å². The number of carbonyl (C=O) groups is 1. The van der Waals surface area contributed by atoms with Crippen molar-refractivity contribution in [1.82, 2.24) is 25.7 Å². The molecule has 3 heterocycles. The average Bonchev–Trinajstić information content (AvgIpc) is 2.97. The highest BCUT2D eigenvalue weighted by Crippen LogP contribution is 2.16. The Morgan fingerprint density at radius 1 is 1.43 bits per heavy atom. The lowest BCUT2D eigenvalue weighted by atomic mass is 10.0. The van der Waals surface area contributed by atoms with Gasteiger partial charge in [0.2, 0.25) is 0 Å². The number of amides is 1. The molecule has 1 atom stereocenters. The summed E-state index contributed by atoms with van der Waals surface area (Å²) >= 11 is 0. The molecule has 1 aromatic heterocycles. The third-order valence-electron chi connectivity index (χ3n) is 4.87. The zero-order chi connectivity index (χ0) is 15.4. The number of aromatic nitrogens is 2. The van der Waals surface area contributed by atoms with E-state index in [1.807, 2.05) is 0 Å². The summed E-state index contributed by atoms with van der Waals surface area (Å²) in [6.07, 6.45) is 5.89.